The first-order valence-electron chi connectivity index (χ1n) is 6.48. The largest absolute Gasteiger partial charge is 0.497 e. The van der Waals surface area contributed by atoms with Gasteiger partial charge in [-0.25, -0.2) is 4.79 Å². The van der Waals surface area contributed by atoms with Crippen molar-refractivity contribution in [3.8, 4) is 22.6 Å². The molecule has 4 nitrogen and oxygen atoms in total. The summed E-state index contributed by atoms with van der Waals surface area (Å²) in [5.41, 5.74) is 1.74. The Kier molecular flexibility index (Phi) is 3.36. The maximum atomic E-state index is 11.8. The van der Waals surface area contributed by atoms with Crippen molar-refractivity contribution >= 4 is 11.0 Å². The Bertz CT molecular complexity index is 849. The summed E-state index contributed by atoms with van der Waals surface area (Å²) in [6.45, 7) is 0. The van der Waals surface area contributed by atoms with Crippen LogP contribution in [-0.4, -0.2) is 14.2 Å². The molecule has 4 heteroatoms. The highest BCUT2D eigenvalue weighted by molar-refractivity contribution is 5.97. The molecule has 2 aromatic carbocycles. The lowest BCUT2D eigenvalue weighted by Crippen LogP contribution is -1.99. The molecule has 21 heavy (non-hydrogen) atoms. The van der Waals surface area contributed by atoms with Crippen LogP contribution in [-0.2, 0) is 0 Å². The SMILES string of the molecule is COc1cccc(-c2cc(=O)oc3cccc(OC)c23)c1. The molecule has 106 valence electrons. The van der Waals surface area contributed by atoms with Gasteiger partial charge in [0, 0.05) is 11.6 Å². The van der Waals surface area contributed by atoms with Crippen molar-refractivity contribution in [1.29, 1.82) is 0 Å². The average Bonchev–Trinajstić information content (AvgIpc) is 2.53. The highest BCUT2D eigenvalue weighted by Gasteiger charge is 2.12. The van der Waals surface area contributed by atoms with Crippen LogP contribution in [0.3, 0.4) is 0 Å². The van der Waals surface area contributed by atoms with Crippen molar-refractivity contribution in [2.75, 3.05) is 14.2 Å². The minimum atomic E-state index is -0.395. The molecule has 0 fully saturated rings. The molecule has 0 aliphatic heterocycles. The lowest BCUT2D eigenvalue weighted by Gasteiger charge is -2.10. The van der Waals surface area contributed by atoms with Gasteiger partial charge in [0.2, 0.25) is 0 Å². The standard InChI is InChI=1S/C17H14O4/c1-19-12-6-3-5-11(9-12)13-10-16(18)21-15-8-4-7-14(20-2)17(13)15/h3-10H,1-2H3. The topological polar surface area (TPSA) is 48.7 Å². The van der Waals surface area contributed by atoms with E-state index in [0.717, 1.165) is 22.3 Å². The fourth-order valence-corrected chi connectivity index (χ4v) is 2.38. The van der Waals surface area contributed by atoms with Gasteiger partial charge in [0.15, 0.2) is 0 Å². The molecule has 0 bridgehead atoms. The van der Waals surface area contributed by atoms with E-state index in [1.807, 2.05) is 30.3 Å². The number of rotatable bonds is 3. The van der Waals surface area contributed by atoms with Crippen molar-refractivity contribution in [2.45, 2.75) is 0 Å². The van der Waals surface area contributed by atoms with Crippen molar-refractivity contribution in [3.63, 3.8) is 0 Å². The van der Waals surface area contributed by atoms with Crippen LogP contribution in [0.25, 0.3) is 22.1 Å². The lowest BCUT2D eigenvalue weighted by molar-refractivity contribution is 0.415. The third-order valence-corrected chi connectivity index (χ3v) is 3.33. The van der Waals surface area contributed by atoms with E-state index in [1.165, 1.54) is 6.07 Å². The van der Waals surface area contributed by atoms with Gasteiger partial charge < -0.3 is 13.9 Å². The fraction of sp³-hybridized carbons (Fsp3) is 0.118. The first kappa shape index (κ1) is 13.2. The van der Waals surface area contributed by atoms with E-state index in [9.17, 15) is 4.79 Å². The zero-order valence-corrected chi connectivity index (χ0v) is 11.8. The van der Waals surface area contributed by atoms with Crippen molar-refractivity contribution < 1.29 is 13.9 Å². The second-order valence-corrected chi connectivity index (χ2v) is 4.54. The van der Waals surface area contributed by atoms with E-state index in [-0.39, 0.29) is 0 Å². The van der Waals surface area contributed by atoms with Gasteiger partial charge in [-0.15, -0.1) is 0 Å². The van der Waals surface area contributed by atoms with Gasteiger partial charge in [-0.2, -0.15) is 0 Å². The third-order valence-electron chi connectivity index (χ3n) is 3.33. The molecular weight excluding hydrogens is 268 g/mol. The van der Waals surface area contributed by atoms with Gasteiger partial charge in [-0.05, 0) is 29.8 Å². The van der Waals surface area contributed by atoms with E-state index >= 15 is 0 Å². The maximum Gasteiger partial charge on any atom is 0.336 e. The van der Waals surface area contributed by atoms with Crippen molar-refractivity contribution in [1.82, 2.24) is 0 Å². The molecule has 0 atom stereocenters. The summed E-state index contributed by atoms with van der Waals surface area (Å²) in [6, 6.07) is 14.4. The molecule has 0 spiro atoms. The van der Waals surface area contributed by atoms with E-state index in [4.69, 9.17) is 13.9 Å². The second kappa shape index (κ2) is 5.32. The quantitative estimate of drug-likeness (QED) is 0.690. The molecule has 0 radical (unpaired) electrons. The van der Waals surface area contributed by atoms with Gasteiger partial charge in [-0.1, -0.05) is 18.2 Å². The molecule has 1 aromatic heterocycles. The monoisotopic (exact) mass is 282 g/mol. The van der Waals surface area contributed by atoms with Crippen LogP contribution in [0.5, 0.6) is 11.5 Å². The predicted molar refractivity (Wildman–Crippen MR) is 81.0 cm³/mol. The Morgan fingerprint density at radius 1 is 0.952 bits per heavy atom. The number of ether oxygens (including phenoxy) is 2. The number of benzene rings is 2. The normalized spacial score (nSPS) is 10.6. The van der Waals surface area contributed by atoms with E-state index in [0.29, 0.717) is 11.3 Å². The molecule has 0 saturated heterocycles. The van der Waals surface area contributed by atoms with Gasteiger partial charge in [0.25, 0.3) is 0 Å². The van der Waals surface area contributed by atoms with Crippen LogP contribution in [0.15, 0.2) is 57.7 Å². The summed E-state index contributed by atoms with van der Waals surface area (Å²) >= 11 is 0. The first-order chi connectivity index (χ1) is 10.2. The minimum Gasteiger partial charge on any atom is -0.497 e. The molecule has 0 N–H and O–H groups in total. The smallest absolute Gasteiger partial charge is 0.336 e. The average molecular weight is 282 g/mol. The van der Waals surface area contributed by atoms with Crippen LogP contribution < -0.4 is 15.1 Å². The summed E-state index contributed by atoms with van der Waals surface area (Å²) < 4.78 is 15.9. The molecule has 3 aromatic rings. The zero-order chi connectivity index (χ0) is 14.8. The first-order valence-corrected chi connectivity index (χ1v) is 6.48. The second-order valence-electron chi connectivity index (χ2n) is 4.54. The van der Waals surface area contributed by atoms with Gasteiger partial charge >= 0.3 is 5.63 Å². The molecule has 0 saturated carbocycles. The summed E-state index contributed by atoms with van der Waals surface area (Å²) in [5, 5.41) is 0.771. The number of hydrogen-bond donors (Lipinski definition) is 0. The van der Waals surface area contributed by atoms with Gasteiger partial charge in [0.05, 0.1) is 19.6 Å². The number of methoxy groups -OCH3 is 2. The van der Waals surface area contributed by atoms with Crippen LogP contribution >= 0.6 is 0 Å². The predicted octanol–water partition coefficient (Wildman–Crippen LogP) is 3.48. The van der Waals surface area contributed by atoms with Crippen LogP contribution in [0, 0.1) is 0 Å². The van der Waals surface area contributed by atoms with Crippen molar-refractivity contribution in [3.05, 3.63) is 59.0 Å². The van der Waals surface area contributed by atoms with Gasteiger partial charge in [0.1, 0.15) is 17.1 Å². The lowest BCUT2D eigenvalue weighted by atomic mass is 10.0. The highest BCUT2D eigenvalue weighted by Crippen LogP contribution is 2.35. The fourth-order valence-electron chi connectivity index (χ4n) is 2.38. The van der Waals surface area contributed by atoms with E-state index < -0.39 is 5.63 Å². The third kappa shape index (κ3) is 2.36. The number of hydrogen-bond acceptors (Lipinski definition) is 4. The van der Waals surface area contributed by atoms with Crippen LogP contribution in [0.2, 0.25) is 0 Å². The molecule has 0 aliphatic rings. The summed E-state index contributed by atoms with van der Waals surface area (Å²) in [6.07, 6.45) is 0. The van der Waals surface area contributed by atoms with Gasteiger partial charge in [-0.3, -0.25) is 0 Å². The Hall–Kier alpha value is -2.75. The van der Waals surface area contributed by atoms with Crippen molar-refractivity contribution in [2.24, 2.45) is 0 Å². The highest BCUT2D eigenvalue weighted by atomic mass is 16.5. The maximum absolute atomic E-state index is 11.8. The molecule has 3 rings (SSSR count). The Morgan fingerprint density at radius 3 is 2.52 bits per heavy atom. The molecule has 1 heterocycles. The molecule has 0 unspecified atom stereocenters. The van der Waals surface area contributed by atoms with Crippen LogP contribution in [0.1, 0.15) is 0 Å². The Balaban J connectivity index is 2.37. The minimum absolute atomic E-state index is 0.395. The zero-order valence-electron chi connectivity index (χ0n) is 11.8. The summed E-state index contributed by atoms with van der Waals surface area (Å²) in [7, 11) is 3.20. The Morgan fingerprint density at radius 2 is 1.76 bits per heavy atom. The van der Waals surface area contributed by atoms with E-state index in [2.05, 4.69) is 0 Å². The molecule has 0 aliphatic carbocycles. The van der Waals surface area contributed by atoms with Crippen LogP contribution in [0.4, 0.5) is 0 Å². The summed E-state index contributed by atoms with van der Waals surface area (Å²) in [4.78, 5) is 11.8. The molecular formula is C17H14O4. The summed E-state index contributed by atoms with van der Waals surface area (Å²) in [5.74, 6) is 1.39. The molecule has 0 amide bonds. The number of fused-ring (bicyclic) bond motifs is 1. The van der Waals surface area contributed by atoms with E-state index in [1.54, 1.807) is 26.4 Å². The Labute approximate surface area is 121 Å².